The molecule has 1 aromatic heterocycles. The van der Waals surface area contributed by atoms with Gasteiger partial charge in [-0.05, 0) is 42.0 Å². The number of hydrogen-bond acceptors (Lipinski definition) is 7. The molecule has 6 rings (SSSR count). The van der Waals surface area contributed by atoms with Crippen molar-refractivity contribution in [2.45, 2.75) is 12.3 Å². The first-order valence-electron chi connectivity index (χ1n) is 11.5. The summed E-state index contributed by atoms with van der Waals surface area (Å²) in [5.41, 5.74) is 3.49. The van der Waals surface area contributed by atoms with Gasteiger partial charge in [-0.3, -0.25) is 14.6 Å². The zero-order chi connectivity index (χ0) is 24.8. The molecule has 7 heteroatoms. The third-order valence-electron chi connectivity index (χ3n) is 6.56. The summed E-state index contributed by atoms with van der Waals surface area (Å²) in [5, 5.41) is 0.935. The van der Waals surface area contributed by atoms with Crippen LogP contribution in [0.1, 0.15) is 39.4 Å². The molecule has 1 atom stereocenters. The van der Waals surface area contributed by atoms with Crippen LogP contribution in [-0.4, -0.2) is 31.0 Å². The molecule has 0 N–H and O–H groups in total. The van der Waals surface area contributed by atoms with Crippen LogP contribution in [0.25, 0.3) is 17.0 Å². The number of nitrogens with zero attached hydrogens (tertiary/aromatic N) is 1. The first-order valence-corrected chi connectivity index (χ1v) is 11.5. The summed E-state index contributed by atoms with van der Waals surface area (Å²) in [4.78, 5) is 30.4. The number of ketones is 1. The summed E-state index contributed by atoms with van der Waals surface area (Å²) >= 11 is 0. The van der Waals surface area contributed by atoms with E-state index in [0.717, 1.165) is 16.5 Å². The van der Waals surface area contributed by atoms with Gasteiger partial charge in [0.25, 0.3) is 0 Å². The average Bonchev–Trinajstić information content (AvgIpc) is 3.22. The number of Topliss-reactive ketones (excluding diaryl/α,β-unsaturated/α-hetero) is 1. The number of esters is 1. The Hall–Kier alpha value is -4.65. The van der Waals surface area contributed by atoms with E-state index in [0.29, 0.717) is 39.7 Å². The van der Waals surface area contributed by atoms with Crippen LogP contribution in [0, 0.1) is 0 Å². The fourth-order valence-corrected chi connectivity index (χ4v) is 4.96. The number of hydrogen-bond donors (Lipinski definition) is 0. The molecular weight excluding hydrogens is 458 g/mol. The molecule has 3 aromatic carbocycles. The second-order valence-electron chi connectivity index (χ2n) is 8.52. The van der Waals surface area contributed by atoms with Gasteiger partial charge in [0.05, 0.1) is 31.7 Å². The summed E-state index contributed by atoms with van der Waals surface area (Å²) in [6.45, 7) is 0. The van der Waals surface area contributed by atoms with Gasteiger partial charge >= 0.3 is 5.97 Å². The zero-order valence-electron chi connectivity index (χ0n) is 19.6. The third-order valence-corrected chi connectivity index (χ3v) is 6.56. The minimum atomic E-state index is -0.359. The Morgan fingerprint density at radius 2 is 1.81 bits per heavy atom. The van der Waals surface area contributed by atoms with Crippen LogP contribution < -0.4 is 18.9 Å². The van der Waals surface area contributed by atoms with Crippen molar-refractivity contribution in [3.05, 3.63) is 94.9 Å². The number of benzene rings is 3. The highest BCUT2D eigenvalue weighted by Gasteiger charge is 2.39. The summed E-state index contributed by atoms with van der Waals surface area (Å²) in [5.74, 6) is 1.04. The summed E-state index contributed by atoms with van der Waals surface area (Å²) in [6, 6.07) is 18.4. The van der Waals surface area contributed by atoms with Crippen molar-refractivity contribution in [3.8, 4) is 23.0 Å². The van der Waals surface area contributed by atoms with E-state index in [1.54, 1.807) is 44.7 Å². The van der Waals surface area contributed by atoms with E-state index in [1.807, 2.05) is 42.5 Å². The fourth-order valence-electron chi connectivity index (χ4n) is 4.96. The molecule has 36 heavy (non-hydrogen) atoms. The number of aromatic nitrogens is 1. The standard InChI is InChI=1S/C29H21NO6/c1-33-23-9-5-6-16(28(23)34-2)14-24-27(32)19-10-11-22-26(29(19)36-24)20(15-25(31)35-22)17-12-13-30-21-8-4-3-7-18(17)21/h3-14,20H,15H2,1-2H3/b24-14-. The van der Waals surface area contributed by atoms with E-state index < -0.39 is 0 Å². The normalized spacial score (nSPS) is 17.4. The molecule has 0 fully saturated rings. The van der Waals surface area contributed by atoms with Crippen LogP contribution in [0.15, 0.2) is 72.6 Å². The monoisotopic (exact) mass is 479 g/mol. The molecular formula is C29H21NO6. The molecule has 0 saturated heterocycles. The van der Waals surface area contributed by atoms with E-state index in [9.17, 15) is 9.59 Å². The van der Waals surface area contributed by atoms with Gasteiger partial charge in [0, 0.05) is 28.6 Å². The Balaban J connectivity index is 1.50. The lowest BCUT2D eigenvalue weighted by Gasteiger charge is -2.27. The largest absolute Gasteiger partial charge is 0.493 e. The van der Waals surface area contributed by atoms with Crippen molar-refractivity contribution in [3.63, 3.8) is 0 Å². The van der Waals surface area contributed by atoms with Gasteiger partial charge < -0.3 is 18.9 Å². The van der Waals surface area contributed by atoms with Crippen LogP contribution in [0.3, 0.4) is 0 Å². The van der Waals surface area contributed by atoms with Crippen LogP contribution in [0.4, 0.5) is 0 Å². The van der Waals surface area contributed by atoms with Crippen LogP contribution in [0.2, 0.25) is 0 Å². The van der Waals surface area contributed by atoms with Crippen LogP contribution >= 0.6 is 0 Å². The number of fused-ring (bicyclic) bond motifs is 4. The van der Waals surface area contributed by atoms with Crippen molar-refractivity contribution in [1.29, 1.82) is 0 Å². The molecule has 0 saturated carbocycles. The molecule has 2 aliphatic heterocycles. The van der Waals surface area contributed by atoms with Gasteiger partial charge in [-0.15, -0.1) is 0 Å². The Bertz CT molecular complexity index is 1580. The van der Waals surface area contributed by atoms with Crippen molar-refractivity contribution in [2.75, 3.05) is 14.2 Å². The fraction of sp³-hybridized carbons (Fsp3) is 0.138. The molecule has 3 heterocycles. The maximum atomic E-state index is 13.4. The number of pyridine rings is 1. The van der Waals surface area contributed by atoms with E-state index in [-0.39, 0.29) is 29.9 Å². The van der Waals surface area contributed by atoms with E-state index >= 15 is 0 Å². The number of methoxy groups -OCH3 is 2. The van der Waals surface area contributed by atoms with Gasteiger partial charge in [-0.25, -0.2) is 0 Å². The number of rotatable bonds is 4. The van der Waals surface area contributed by atoms with Gasteiger partial charge in [-0.1, -0.05) is 30.3 Å². The Morgan fingerprint density at radius 1 is 0.944 bits per heavy atom. The van der Waals surface area contributed by atoms with E-state index in [4.69, 9.17) is 18.9 Å². The van der Waals surface area contributed by atoms with Crippen molar-refractivity contribution in [1.82, 2.24) is 4.98 Å². The Morgan fingerprint density at radius 3 is 2.64 bits per heavy atom. The number of allylic oxidation sites excluding steroid dienone is 1. The molecule has 4 aromatic rings. The SMILES string of the molecule is COc1cccc(/C=C2\Oc3c(ccc4c3C(c3ccnc5ccccc35)CC(=O)O4)C2=O)c1OC. The summed E-state index contributed by atoms with van der Waals surface area (Å²) < 4.78 is 22.7. The van der Waals surface area contributed by atoms with E-state index in [2.05, 4.69) is 4.98 Å². The first kappa shape index (κ1) is 21.9. The highest BCUT2D eigenvalue weighted by Crippen LogP contribution is 2.50. The molecule has 0 radical (unpaired) electrons. The summed E-state index contributed by atoms with van der Waals surface area (Å²) in [7, 11) is 3.10. The Kier molecular flexibility index (Phi) is 5.18. The number of para-hydroxylation sites is 2. The van der Waals surface area contributed by atoms with Crippen molar-refractivity contribution in [2.24, 2.45) is 0 Å². The minimum absolute atomic E-state index is 0.123. The van der Waals surface area contributed by atoms with Gasteiger partial charge in [0.1, 0.15) is 11.5 Å². The third kappa shape index (κ3) is 3.40. The second-order valence-corrected chi connectivity index (χ2v) is 8.52. The lowest BCUT2D eigenvalue weighted by Crippen LogP contribution is -2.21. The van der Waals surface area contributed by atoms with Gasteiger partial charge in [0.15, 0.2) is 17.3 Å². The van der Waals surface area contributed by atoms with Gasteiger partial charge in [-0.2, -0.15) is 0 Å². The lowest BCUT2D eigenvalue weighted by molar-refractivity contribution is -0.135. The Labute approximate surface area is 206 Å². The molecule has 1 unspecified atom stereocenters. The number of carbonyl (C=O) groups excluding carboxylic acids is 2. The maximum Gasteiger partial charge on any atom is 0.312 e. The molecule has 0 spiro atoms. The van der Waals surface area contributed by atoms with Crippen molar-refractivity contribution < 1.29 is 28.5 Å². The van der Waals surface area contributed by atoms with Gasteiger partial charge in [0.2, 0.25) is 5.78 Å². The smallest absolute Gasteiger partial charge is 0.312 e. The topological polar surface area (TPSA) is 84.0 Å². The summed E-state index contributed by atoms with van der Waals surface area (Å²) in [6.07, 6.45) is 3.49. The highest BCUT2D eigenvalue weighted by molar-refractivity contribution is 6.15. The molecule has 2 aliphatic rings. The molecule has 0 amide bonds. The zero-order valence-corrected chi connectivity index (χ0v) is 19.6. The molecule has 7 nitrogen and oxygen atoms in total. The second kappa shape index (κ2) is 8.53. The minimum Gasteiger partial charge on any atom is -0.493 e. The first-order chi connectivity index (χ1) is 17.6. The predicted molar refractivity (Wildman–Crippen MR) is 133 cm³/mol. The number of ether oxygens (including phenoxy) is 4. The quantitative estimate of drug-likeness (QED) is 0.223. The lowest BCUT2D eigenvalue weighted by atomic mass is 9.83. The van der Waals surface area contributed by atoms with Crippen LogP contribution in [0.5, 0.6) is 23.0 Å². The highest BCUT2D eigenvalue weighted by atomic mass is 16.5. The molecule has 0 bridgehead atoms. The average molecular weight is 479 g/mol. The van der Waals surface area contributed by atoms with Crippen molar-refractivity contribution >= 4 is 28.7 Å². The molecule has 178 valence electrons. The number of carbonyl (C=O) groups is 2. The van der Waals surface area contributed by atoms with Crippen LogP contribution in [-0.2, 0) is 4.79 Å². The maximum absolute atomic E-state index is 13.4. The van der Waals surface area contributed by atoms with E-state index in [1.165, 1.54) is 0 Å². The molecule has 0 aliphatic carbocycles. The predicted octanol–water partition coefficient (Wildman–Crippen LogP) is 5.31.